The summed E-state index contributed by atoms with van der Waals surface area (Å²) < 4.78 is 16.1. The van der Waals surface area contributed by atoms with E-state index in [1.165, 1.54) is 38.6 Å². The number of carbonyl (C=O) groups excluding carboxylic acids is 2. The van der Waals surface area contributed by atoms with Crippen molar-refractivity contribution in [2.75, 3.05) is 14.2 Å². The highest BCUT2D eigenvalue weighted by molar-refractivity contribution is 6.04. The minimum Gasteiger partial charge on any atom is -0.508 e. The lowest BCUT2D eigenvalue weighted by atomic mass is 10.0. The van der Waals surface area contributed by atoms with Crippen molar-refractivity contribution >= 4 is 28.9 Å². The molecular formula is C27H22N2O7. The number of carbonyl (C=O) groups is 2. The molecule has 0 fully saturated rings. The Bertz CT molecular complexity index is 1480. The molecule has 0 heterocycles. The lowest BCUT2D eigenvalue weighted by Gasteiger charge is -2.12. The largest absolute Gasteiger partial charge is 0.508 e. The fraction of sp³-hybridized carbons (Fsp3) is 0.0741. The molecule has 9 nitrogen and oxygen atoms in total. The number of methoxy groups -OCH3 is 2. The third-order valence-corrected chi connectivity index (χ3v) is 5.34. The molecule has 0 atom stereocenters. The Morgan fingerprint density at radius 3 is 2.36 bits per heavy atom. The summed E-state index contributed by atoms with van der Waals surface area (Å²) >= 11 is 0. The van der Waals surface area contributed by atoms with Gasteiger partial charge < -0.3 is 24.4 Å². The second kappa shape index (κ2) is 10.5. The Hall–Kier alpha value is -5.05. The molecule has 182 valence electrons. The molecule has 0 aliphatic heterocycles. The lowest BCUT2D eigenvalue weighted by molar-refractivity contribution is 0.0734. The van der Waals surface area contributed by atoms with Gasteiger partial charge in [0.2, 0.25) is 0 Å². The van der Waals surface area contributed by atoms with E-state index >= 15 is 0 Å². The van der Waals surface area contributed by atoms with Crippen LogP contribution < -0.4 is 19.6 Å². The standard InChI is InChI=1S/C27H22N2O7/c1-34-24-12-8-17(13-25(24)35-2)27(33)36-23-11-7-16-5-3-4-6-19(16)21(23)15-28-29-26(32)20-10-9-18(30)14-22(20)31/h3-15,30-31H,1-2H3,(H,29,32)/b28-15+. The van der Waals surface area contributed by atoms with Crippen LogP contribution in [0.25, 0.3) is 10.8 Å². The van der Waals surface area contributed by atoms with Crippen molar-refractivity contribution in [1.29, 1.82) is 0 Å². The summed E-state index contributed by atoms with van der Waals surface area (Å²) in [5.41, 5.74) is 2.97. The molecule has 36 heavy (non-hydrogen) atoms. The van der Waals surface area contributed by atoms with E-state index in [-0.39, 0.29) is 22.6 Å². The molecular weight excluding hydrogens is 464 g/mol. The summed E-state index contributed by atoms with van der Waals surface area (Å²) in [6, 6.07) is 19.1. The molecule has 9 heteroatoms. The first-order valence-electron chi connectivity index (χ1n) is 10.7. The van der Waals surface area contributed by atoms with Crippen molar-refractivity contribution in [3.8, 4) is 28.7 Å². The van der Waals surface area contributed by atoms with Crippen LogP contribution in [0.3, 0.4) is 0 Å². The quantitative estimate of drug-likeness (QED) is 0.154. The molecule has 0 spiro atoms. The first-order valence-corrected chi connectivity index (χ1v) is 10.7. The van der Waals surface area contributed by atoms with E-state index in [9.17, 15) is 19.8 Å². The Morgan fingerprint density at radius 2 is 1.61 bits per heavy atom. The molecule has 0 saturated heterocycles. The molecule has 0 aliphatic rings. The number of fused-ring (bicyclic) bond motifs is 1. The maximum absolute atomic E-state index is 12.9. The van der Waals surface area contributed by atoms with Gasteiger partial charge in [-0.25, -0.2) is 10.2 Å². The zero-order chi connectivity index (χ0) is 25.7. The fourth-order valence-electron chi connectivity index (χ4n) is 3.55. The number of nitrogens with one attached hydrogen (secondary N) is 1. The van der Waals surface area contributed by atoms with Gasteiger partial charge in [0.25, 0.3) is 5.91 Å². The van der Waals surface area contributed by atoms with Crippen LogP contribution in [0.2, 0.25) is 0 Å². The molecule has 1 amide bonds. The minimum atomic E-state index is -0.687. The van der Waals surface area contributed by atoms with E-state index in [0.29, 0.717) is 17.1 Å². The van der Waals surface area contributed by atoms with Gasteiger partial charge in [-0.3, -0.25) is 4.79 Å². The normalized spacial score (nSPS) is 10.8. The number of nitrogens with zero attached hydrogens (tertiary/aromatic N) is 1. The van der Waals surface area contributed by atoms with Crippen LogP contribution in [0.5, 0.6) is 28.7 Å². The third kappa shape index (κ3) is 5.05. The second-order valence-electron chi connectivity index (χ2n) is 7.56. The second-order valence-corrected chi connectivity index (χ2v) is 7.56. The monoisotopic (exact) mass is 486 g/mol. The smallest absolute Gasteiger partial charge is 0.343 e. The highest BCUT2D eigenvalue weighted by atomic mass is 16.5. The third-order valence-electron chi connectivity index (χ3n) is 5.34. The zero-order valence-corrected chi connectivity index (χ0v) is 19.4. The maximum atomic E-state index is 12.9. The first kappa shape index (κ1) is 24.1. The Labute approximate surface area is 206 Å². The van der Waals surface area contributed by atoms with Gasteiger partial charge in [0.05, 0.1) is 31.6 Å². The Balaban J connectivity index is 1.63. The number of benzene rings is 4. The van der Waals surface area contributed by atoms with Crippen LogP contribution in [-0.2, 0) is 0 Å². The van der Waals surface area contributed by atoms with Gasteiger partial charge in [-0.1, -0.05) is 30.3 Å². The van der Waals surface area contributed by atoms with Crippen molar-refractivity contribution in [2.45, 2.75) is 0 Å². The molecule has 4 aromatic carbocycles. The Morgan fingerprint density at radius 1 is 0.861 bits per heavy atom. The number of esters is 1. The Kier molecular flexibility index (Phi) is 7.01. The molecule has 0 saturated carbocycles. The molecule has 0 aliphatic carbocycles. The number of aromatic hydroxyl groups is 2. The summed E-state index contributed by atoms with van der Waals surface area (Å²) in [6.45, 7) is 0. The van der Waals surface area contributed by atoms with Gasteiger partial charge in [-0.2, -0.15) is 5.10 Å². The van der Waals surface area contributed by atoms with Crippen LogP contribution in [0.15, 0.2) is 77.9 Å². The number of amides is 1. The number of hydrogen-bond acceptors (Lipinski definition) is 8. The van der Waals surface area contributed by atoms with Crippen molar-refractivity contribution < 1.29 is 34.0 Å². The molecule has 0 bridgehead atoms. The first-order chi connectivity index (χ1) is 17.4. The molecule has 0 aromatic heterocycles. The average molecular weight is 486 g/mol. The number of hydrogen-bond donors (Lipinski definition) is 3. The number of rotatable bonds is 7. The van der Waals surface area contributed by atoms with Gasteiger partial charge in [0.15, 0.2) is 11.5 Å². The van der Waals surface area contributed by atoms with Gasteiger partial charge >= 0.3 is 5.97 Å². The topological polar surface area (TPSA) is 127 Å². The van der Waals surface area contributed by atoms with Crippen molar-refractivity contribution in [1.82, 2.24) is 5.43 Å². The van der Waals surface area contributed by atoms with E-state index < -0.39 is 17.6 Å². The molecule has 0 radical (unpaired) electrons. The van der Waals surface area contributed by atoms with E-state index in [1.54, 1.807) is 24.3 Å². The minimum absolute atomic E-state index is 0.0667. The van der Waals surface area contributed by atoms with Crippen LogP contribution >= 0.6 is 0 Å². The van der Waals surface area contributed by atoms with Crippen LogP contribution in [0.1, 0.15) is 26.3 Å². The highest BCUT2D eigenvalue weighted by Crippen LogP contribution is 2.30. The van der Waals surface area contributed by atoms with Crippen molar-refractivity contribution in [3.63, 3.8) is 0 Å². The highest BCUT2D eigenvalue weighted by Gasteiger charge is 2.16. The lowest BCUT2D eigenvalue weighted by Crippen LogP contribution is -2.18. The molecule has 3 N–H and O–H groups in total. The predicted molar refractivity (Wildman–Crippen MR) is 133 cm³/mol. The van der Waals surface area contributed by atoms with Crippen LogP contribution in [-0.4, -0.2) is 42.5 Å². The maximum Gasteiger partial charge on any atom is 0.343 e. The summed E-state index contributed by atoms with van der Waals surface area (Å²) in [5, 5.41) is 24.9. The van der Waals surface area contributed by atoms with Gasteiger partial charge in [0, 0.05) is 11.6 Å². The molecule has 0 unspecified atom stereocenters. The SMILES string of the molecule is COc1ccc(C(=O)Oc2ccc3ccccc3c2/C=N/NC(=O)c2ccc(O)cc2O)cc1OC. The summed E-state index contributed by atoms with van der Waals surface area (Å²) in [5.74, 6) is -0.803. The summed E-state index contributed by atoms with van der Waals surface area (Å²) in [4.78, 5) is 25.3. The van der Waals surface area contributed by atoms with Crippen LogP contribution in [0.4, 0.5) is 0 Å². The van der Waals surface area contributed by atoms with E-state index in [4.69, 9.17) is 14.2 Å². The number of hydrazone groups is 1. The van der Waals surface area contributed by atoms with E-state index in [0.717, 1.165) is 16.8 Å². The number of ether oxygens (including phenoxy) is 3. The number of phenolic OH excluding ortho intramolecular Hbond substituents is 2. The van der Waals surface area contributed by atoms with Gasteiger partial charge in [-0.05, 0) is 47.2 Å². The molecule has 4 rings (SSSR count). The number of phenols is 2. The predicted octanol–water partition coefficient (Wildman–Crippen LogP) is 4.25. The average Bonchev–Trinajstić information content (AvgIpc) is 2.89. The molecule has 4 aromatic rings. The van der Waals surface area contributed by atoms with Gasteiger partial charge in [0.1, 0.15) is 17.2 Å². The van der Waals surface area contributed by atoms with E-state index in [2.05, 4.69) is 10.5 Å². The summed E-state index contributed by atoms with van der Waals surface area (Å²) in [7, 11) is 2.97. The summed E-state index contributed by atoms with van der Waals surface area (Å²) in [6.07, 6.45) is 1.36. The van der Waals surface area contributed by atoms with E-state index in [1.807, 2.05) is 24.3 Å². The van der Waals surface area contributed by atoms with Gasteiger partial charge in [-0.15, -0.1) is 0 Å². The fourth-order valence-corrected chi connectivity index (χ4v) is 3.55. The zero-order valence-electron chi connectivity index (χ0n) is 19.4. The van der Waals surface area contributed by atoms with Crippen molar-refractivity contribution in [3.05, 3.63) is 89.5 Å². The van der Waals surface area contributed by atoms with Crippen LogP contribution in [0, 0.1) is 0 Å². The van der Waals surface area contributed by atoms with Crippen molar-refractivity contribution in [2.24, 2.45) is 5.10 Å².